The van der Waals surface area contributed by atoms with E-state index in [0.717, 1.165) is 16.5 Å². The molecule has 1 aromatic carbocycles. The molecule has 0 aliphatic carbocycles. The summed E-state index contributed by atoms with van der Waals surface area (Å²) in [4.78, 5) is 8.89. The van der Waals surface area contributed by atoms with Crippen LogP contribution in [0.3, 0.4) is 0 Å². The third-order valence-electron chi connectivity index (χ3n) is 4.04. The Hall–Kier alpha value is -2.99. The summed E-state index contributed by atoms with van der Waals surface area (Å²) in [5.41, 5.74) is 2.93. The van der Waals surface area contributed by atoms with Crippen molar-refractivity contribution in [3.05, 3.63) is 78.8 Å². The molecular weight excluding hydrogens is 334 g/mol. The van der Waals surface area contributed by atoms with Crippen molar-refractivity contribution in [3.63, 3.8) is 0 Å². The Labute approximate surface area is 145 Å². The van der Waals surface area contributed by atoms with Gasteiger partial charge in [-0.1, -0.05) is 17.7 Å². The summed E-state index contributed by atoms with van der Waals surface area (Å²) < 4.78 is 27.2. The van der Waals surface area contributed by atoms with E-state index >= 15 is 0 Å². The third-order valence-corrected chi connectivity index (χ3v) is 5.72. The Bertz CT molecular complexity index is 1150. The number of fused-ring (bicyclic) bond motifs is 1. The number of rotatable bonds is 3. The number of benzene rings is 1. The zero-order chi connectivity index (χ0) is 17.4. The van der Waals surface area contributed by atoms with Gasteiger partial charge in [-0.25, -0.2) is 17.4 Å². The van der Waals surface area contributed by atoms with Crippen LogP contribution in [0, 0.1) is 6.92 Å². The lowest BCUT2D eigenvalue weighted by Crippen LogP contribution is -2.12. The average molecular weight is 349 g/mol. The van der Waals surface area contributed by atoms with E-state index in [2.05, 4.69) is 9.97 Å². The van der Waals surface area contributed by atoms with Crippen LogP contribution in [0.2, 0.25) is 0 Å². The Morgan fingerprint density at radius 1 is 0.960 bits per heavy atom. The molecule has 4 rings (SSSR count). The zero-order valence-electron chi connectivity index (χ0n) is 13.5. The van der Waals surface area contributed by atoms with Crippen LogP contribution >= 0.6 is 0 Å². The van der Waals surface area contributed by atoms with E-state index in [1.807, 2.05) is 31.2 Å². The average Bonchev–Trinajstić information content (AvgIpc) is 3.07. The van der Waals surface area contributed by atoms with Crippen LogP contribution in [0.5, 0.6) is 0 Å². The van der Waals surface area contributed by atoms with E-state index in [4.69, 9.17) is 0 Å². The van der Waals surface area contributed by atoms with Gasteiger partial charge < -0.3 is 0 Å². The number of pyridine rings is 2. The monoisotopic (exact) mass is 349 g/mol. The van der Waals surface area contributed by atoms with Crippen molar-refractivity contribution >= 4 is 21.1 Å². The molecule has 4 aromatic rings. The number of aryl methyl sites for hydroxylation is 1. The summed E-state index contributed by atoms with van der Waals surface area (Å²) in [6.07, 6.45) is 4.93. The van der Waals surface area contributed by atoms with Crippen molar-refractivity contribution < 1.29 is 8.42 Å². The molecule has 0 aliphatic rings. The molecule has 0 saturated carbocycles. The van der Waals surface area contributed by atoms with Crippen LogP contribution in [0.4, 0.5) is 0 Å². The molecule has 0 aliphatic heterocycles. The first-order valence-corrected chi connectivity index (χ1v) is 9.20. The highest BCUT2D eigenvalue weighted by atomic mass is 32.2. The van der Waals surface area contributed by atoms with E-state index in [1.165, 1.54) is 3.97 Å². The zero-order valence-corrected chi connectivity index (χ0v) is 14.3. The SMILES string of the molecule is Cc1ccc(S(=O)(=O)n2ccc3ccc(-c4cccnc4)nc32)cc1. The molecule has 6 heteroatoms. The third kappa shape index (κ3) is 2.70. The van der Waals surface area contributed by atoms with Gasteiger partial charge in [-0.2, -0.15) is 0 Å². The highest BCUT2D eigenvalue weighted by Gasteiger charge is 2.19. The van der Waals surface area contributed by atoms with E-state index < -0.39 is 10.0 Å². The number of hydrogen-bond donors (Lipinski definition) is 0. The molecule has 0 saturated heterocycles. The van der Waals surface area contributed by atoms with E-state index in [1.54, 1.807) is 48.9 Å². The highest BCUT2D eigenvalue weighted by Crippen LogP contribution is 2.24. The fraction of sp³-hybridized carbons (Fsp3) is 0.0526. The first-order chi connectivity index (χ1) is 12.1. The van der Waals surface area contributed by atoms with Gasteiger partial charge in [0.25, 0.3) is 10.0 Å². The summed E-state index contributed by atoms with van der Waals surface area (Å²) in [5.74, 6) is 0. The van der Waals surface area contributed by atoms with Crippen LogP contribution in [-0.4, -0.2) is 22.4 Å². The van der Waals surface area contributed by atoms with E-state index in [-0.39, 0.29) is 4.90 Å². The van der Waals surface area contributed by atoms with Gasteiger partial charge in [-0.05, 0) is 49.4 Å². The van der Waals surface area contributed by atoms with Crippen LogP contribution < -0.4 is 0 Å². The second-order valence-electron chi connectivity index (χ2n) is 5.78. The molecule has 0 fully saturated rings. The minimum Gasteiger partial charge on any atom is -0.264 e. The van der Waals surface area contributed by atoms with Crippen LogP contribution in [-0.2, 0) is 10.0 Å². The molecule has 3 aromatic heterocycles. The van der Waals surface area contributed by atoms with Gasteiger partial charge in [0.15, 0.2) is 5.65 Å². The molecule has 25 heavy (non-hydrogen) atoms. The number of hydrogen-bond acceptors (Lipinski definition) is 4. The molecule has 0 radical (unpaired) electrons. The molecule has 0 atom stereocenters. The van der Waals surface area contributed by atoms with Crippen molar-refractivity contribution in [2.45, 2.75) is 11.8 Å². The molecule has 3 heterocycles. The van der Waals surface area contributed by atoms with Crippen molar-refractivity contribution in [2.75, 3.05) is 0 Å². The fourth-order valence-corrected chi connectivity index (χ4v) is 3.98. The lowest BCUT2D eigenvalue weighted by Gasteiger charge is -2.08. The van der Waals surface area contributed by atoms with Crippen LogP contribution in [0.15, 0.2) is 78.1 Å². The summed E-state index contributed by atoms with van der Waals surface area (Å²) in [7, 11) is -3.70. The first-order valence-electron chi connectivity index (χ1n) is 7.76. The molecule has 5 nitrogen and oxygen atoms in total. The smallest absolute Gasteiger partial charge is 0.264 e. The van der Waals surface area contributed by atoms with E-state index in [0.29, 0.717) is 11.3 Å². The topological polar surface area (TPSA) is 64.8 Å². The standard InChI is InChI=1S/C19H15N3O2S/c1-14-4-7-17(8-5-14)25(23,24)22-12-10-15-6-9-18(21-19(15)22)16-3-2-11-20-13-16/h2-13H,1H3. The summed E-state index contributed by atoms with van der Waals surface area (Å²) >= 11 is 0. The van der Waals surface area contributed by atoms with Gasteiger partial charge in [0.2, 0.25) is 0 Å². The summed E-state index contributed by atoms with van der Waals surface area (Å²) in [5, 5.41) is 0.767. The Kier molecular flexibility index (Phi) is 3.62. The van der Waals surface area contributed by atoms with Gasteiger partial charge in [0.1, 0.15) is 0 Å². The molecule has 124 valence electrons. The van der Waals surface area contributed by atoms with Gasteiger partial charge in [0.05, 0.1) is 10.6 Å². The van der Waals surface area contributed by atoms with Crippen molar-refractivity contribution in [1.82, 2.24) is 13.9 Å². The van der Waals surface area contributed by atoms with Gasteiger partial charge >= 0.3 is 0 Å². The van der Waals surface area contributed by atoms with Crippen molar-refractivity contribution in [2.24, 2.45) is 0 Å². The maximum Gasteiger partial charge on any atom is 0.269 e. The maximum absolute atomic E-state index is 13.0. The Morgan fingerprint density at radius 3 is 2.48 bits per heavy atom. The molecule has 0 amide bonds. The molecule has 0 unspecified atom stereocenters. The van der Waals surface area contributed by atoms with Gasteiger partial charge in [0, 0.05) is 29.5 Å². The quantitative estimate of drug-likeness (QED) is 0.566. The van der Waals surface area contributed by atoms with Crippen molar-refractivity contribution in [1.29, 1.82) is 0 Å². The molecule has 0 spiro atoms. The molecular formula is C19H15N3O2S. The maximum atomic E-state index is 13.0. The van der Waals surface area contributed by atoms with Crippen LogP contribution in [0.25, 0.3) is 22.3 Å². The van der Waals surface area contributed by atoms with Gasteiger partial charge in [-0.3, -0.25) is 4.98 Å². The molecule has 0 N–H and O–H groups in total. The summed E-state index contributed by atoms with van der Waals surface area (Å²) in [6, 6.07) is 16.0. The predicted octanol–water partition coefficient (Wildman–Crippen LogP) is 3.64. The molecule has 0 bridgehead atoms. The van der Waals surface area contributed by atoms with E-state index in [9.17, 15) is 8.42 Å². The largest absolute Gasteiger partial charge is 0.269 e. The fourth-order valence-electron chi connectivity index (χ4n) is 2.68. The second kappa shape index (κ2) is 5.82. The van der Waals surface area contributed by atoms with Crippen molar-refractivity contribution in [3.8, 4) is 11.3 Å². The highest BCUT2D eigenvalue weighted by molar-refractivity contribution is 7.90. The minimum atomic E-state index is -3.70. The number of aromatic nitrogens is 3. The normalized spacial score (nSPS) is 11.7. The Morgan fingerprint density at radius 2 is 1.76 bits per heavy atom. The van der Waals surface area contributed by atoms with Gasteiger partial charge in [-0.15, -0.1) is 0 Å². The summed E-state index contributed by atoms with van der Waals surface area (Å²) in [6.45, 7) is 1.92. The lowest BCUT2D eigenvalue weighted by molar-refractivity contribution is 0.589. The minimum absolute atomic E-state index is 0.240. The van der Waals surface area contributed by atoms with Crippen LogP contribution in [0.1, 0.15) is 5.56 Å². The first kappa shape index (κ1) is 15.5. The lowest BCUT2D eigenvalue weighted by atomic mass is 10.2. The second-order valence-corrected chi connectivity index (χ2v) is 7.60. The predicted molar refractivity (Wildman–Crippen MR) is 96.7 cm³/mol. The number of nitrogens with zero attached hydrogens (tertiary/aromatic N) is 3. The Balaban J connectivity index is 1.89.